The average Bonchev–Trinajstić information content (AvgIpc) is 3.11. The smallest absolute Gasteiger partial charge is 0.138 e. The van der Waals surface area contributed by atoms with Crippen molar-refractivity contribution in [3.05, 3.63) is 52.0 Å². The maximum absolute atomic E-state index is 10.5. The molecule has 0 aliphatic heterocycles. The van der Waals surface area contributed by atoms with Crippen LogP contribution in [0, 0.1) is 17.3 Å². The number of phenolic OH excluding ortho intramolecular Hbond substituents is 1. The lowest BCUT2D eigenvalue weighted by molar-refractivity contribution is 0.0485. The van der Waals surface area contributed by atoms with Crippen molar-refractivity contribution in [3.63, 3.8) is 0 Å². The Labute approximate surface area is 188 Å². The van der Waals surface area contributed by atoms with Gasteiger partial charge in [0.2, 0.25) is 0 Å². The maximum atomic E-state index is 10.5. The van der Waals surface area contributed by atoms with E-state index in [1.807, 2.05) is 6.07 Å². The lowest BCUT2D eigenvalue weighted by atomic mass is 9.55. The van der Waals surface area contributed by atoms with Crippen LogP contribution < -0.4 is 9.64 Å². The normalized spacial score (nSPS) is 32.1. The molecule has 0 saturated heterocycles. The summed E-state index contributed by atoms with van der Waals surface area (Å²) in [5.74, 6) is 3.60. The topological polar surface area (TPSA) is 32.7 Å². The molecule has 0 spiro atoms. The van der Waals surface area contributed by atoms with Gasteiger partial charge in [0.1, 0.15) is 11.5 Å². The maximum Gasteiger partial charge on any atom is 0.138 e. The Morgan fingerprint density at radius 1 is 1.10 bits per heavy atom. The number of hydrogen-bond donors (Lipinski definition) is 1. The Morgan fingerprint density at radius 3 is 2.73 bits per heavy atom. The van der Waals surface area contributed by atoms with Gasteiger partial charge in [-0.3, -0.25) is 0 Å². The molecule has 5 atom stereocenters. The molecule has 30 heavy (non-hydrogen) atoms. The molecule has 2 aromatic rings. The predicted octanol–water partition coefficient (Wildman–Crippen LogP) is 6.52. The van der Waals surface area contributed by atoms with Crippen molar-refractivity contribution < 1.29 is 9.84 Å². The highest BCUT2D eigenvalue weighted by Gasteiger charge is 2.55. The number of rotatable bonds is 3. The lowest BCUT2D eigenvalue weighted by Crippen LogP contribution is -2.49. The summed E-state index contributed by atoms with van der Waals surface area (Å²) in [6, 6.07) is 13.0. The van der Waals surface area contributed by atoms with Crippen molar-refractivity contribution in [2.24, 2.45) is 17.3 Å². The number of anilines is 1. The standard InChI is InChI=1S/C26H32BrNO2/c1-26-13-12-20-19-8-6-18(30-3)14-16(19)4-7-21(20)22(26)9-11-25(26)28(2)23-15-17(27)5-10-24(23)29/h5-6,8,10,14-15,20-22,25,29H,4,7,9,11-13H2,1-3H3/t20-,21-,22+,25+,26+/m1/s1. The number of hydrogen-bond acceptors (Lipinski definition) is 3. The van der Waals surface area contributed by atoms with Crippen molar-refractivity contribution in [2.45, 2.75) is 57.4 Å². The highest BCUT2D eigenvalue weighted by molar-refractivity contribution is 9.10. The zero-order chi connectivity index (χ0) is 21.0. The SMILES string of the molecule is COc1ccc2c(c1)CC[C@@H]1[C@@H]2CC[C@]2(C)[C@@H](N(C)c3cc(Br)ccc3O)CC[C@@H]12. The van der Waals surface area contributed by atoms with Crippen LogP contribution in [0.25, 0.3) is 0 Å². The number of fused-ring (bicyclic) bond motifs is 5. The molecule has 0 aromatic heterocycles. The van der Waals surface area contributed by atoms with E-state index in [2.05, 4.69) is 59.1 Å². The first-order chi connectivity index (χ1) is 14.4. The zero-order valence-electron chi connectivity index (χ0n) is 18.2. The van der Waals surface area contributed by atoms with E-state index in [1.54, 1.807) is 18.7 Å². The minimum absolute atomic E-state index is 0.300. The molecule has 2 aromatic carbocycles. The number of phenols is 1. The van der Waals surface area contributed by atoms with Gasteiger partial charge in [-0.05, 0) is 103 Å². The van der Waals surface area contributed by atoms with Gasteiger partial charge in [-0.25, -0.2) is 0 Å². The Kier molecular flexibility index (Phi) is 5.04. The van der Waals surface area contributed by atoms with Crippen LogP contribution in [0.4, 0.5) is 5.69 Å². The molecule has 160 valence electrons. The second-order valence-corrected chi connectivity index (χ2v) is 10.8. The number of halogens is 1. The van der Waals surface area contributed by atoms with Crippen LogP contribution in [-0.4, -0.2) is 25.3 Å². The molecule has 4 heteroatoms. The van der Waals surface area contributed by atoms with Gasteiger partial charge >= 0.3 is 0 Å². The number of aromatic hydroxyl groups is 1. The number of methoxy groups -OCH3 is 1. The van der Waals surface area contributed by atoms with Gasteiger partial charge in [0, 0.05) is 17.6 Å². The van der Waals surface area contributed by atoms with E-state index in [9.17, 15) is 5.11 Å². The van der Waals surface area contributed by atoms with Crippen LogP contribution in [0.15, 0.2) is 40.9 Å². The van der Waals surface area contributed by atoms with Crippen LogP contribution in [0.3, 0.4) is 0 Å². The van der Waals surface area contributed by atoms with E-state index in [-0.39, 0.29) is 0 Å². The minimum Gasteiger partial charge on any atom is -0.506 e. The molecule has 3 aliphatic rings. The Bertz CT molecular complexity index is 960. The first kappa shape index (κ1) is 20.2. The summed E-state index contributed by atoms with van der Waals surface area (Å²) in [5, 5.41) is 10.5. The molecule has 0 amide bonds. The van der Waals surface area contributed by atoms with Gasteiger partial charge in [0.15, 0.2) is 0 Å². The quantitative estimate of drug-likeness (QED) is 0.554. The second-order valence-electron chi connectivity index (χ2n) is 9.86. The van der Waals surface area contributed by atoms with E-state index in [0.29, 0.717) is 23.1 Å². The summed E-state index contributed by atoms with van der Waals surface area (Å²) in [6.45, 7) is 2.53. The van der Waals surface area contributed by atoms with Crippen LogP contribution in [0.5, 0.6) is 11.5 Å². The Hall–Kier alpha value is -1.68. The van der Waals surface area contributed by atoms with Crippen molar-refractivity contribution in [3.8, 4) is 11.5 Å². The van der Waals surface area contributed by atoms with Crippen molar-refractivity contribution in [2.75, 3.05) is 19.1 Å². The summed E-state index contributed by atoms with van der Waals surface area (Å²) >= 11 is 3.58. The van der Waals surface area contributed by atoms with Crippen molar-refractivity contribution in [1.29, 1.82) is 0 Å². The molecular formula is C26H32BrNO2. The predicted molar refractivity (Wildman–Crippen MR) is 126 cm³/mol. The molecule has 5 rings (SSSR count). The monoisotopic (exact) mass is 469 g/mol. The van der Waals surface area contributed by atoms with Gasteiger partial charge in [-0.15, -0.1) is 0 Å². The molecule has 0 bridgehead atoms. The Balaban J connectivity index is 1.43. The molecule has 3 aliphatic carbocycles. The van der Waals surface area contributed by atoms with Crippen LogP contribution >= 0.6 is 15.9 Å². The zero-order valence-corrected chi connectivity index (χ0v) is 19.8. The van der Waals surface area contributed by atoms with E-state index in [4.69, 9.17) is 4.74 Å². The molecule has 0 unspecified atom stereocenters. The fourth-order valence-electron chi connectivity index (χ4n) is 7.24. The van der Waals surface area contributed by atoms with Gasteiger partial charge in [-0.2, -0.15) is 0 Å². The van der Waals surface area contributed by atoms with Gasteiger partial charge in [0.25, 0.3) is 0 Å². The highest BCUT2D eigenvalue weighted by Crippen LogP contribution is 2.62. The van der Waals surface area contributed by atoms with Crippen LogP contribution in [-0.2, 0) is 6.42 Å². The lowest BCUT2D eigenvalue weighted by Gasteiger charge is -2.52. The summed E-state index contributed by atoms with van der Waals surface area (Å²) in [7, 11) is 3.94. The van der Waals surface area contributed by atoms with E-state index < -0.39 is 0 Å². The molecule has 2 fully saturated rings. The van der Waals surface area contributed by atoms with Gasteiger partial charge in [0.05, 0.1) is 12.8 Å². The molecule has 0 radical (unpaired) electrons. The minimum atomic E-state index is 0.300. The van der Waals surface area contributed by atoms with Gasteiger partial charge < -0.3 is 14.7 Å². The number of nitrogens with zero attached hydrogens (tertiary/aromatic N) is 1. The van der Waals surface area contributed by atoms with Gasteiger partial charge in [-0.1, -0.05) is 28.9 Å². The summed E-state index contributed by atoms with van der Waals surface area (Å²) in [4.78, 5) is 2.36. The van der Waals surface area contributed by atoms with Crippen LogP contribution in [0.1, 0.15) is 56.1 Å². The first-order valence-electron chi connectivity index (χ1n) is 11.3. The third kappa shape index (κ3) is 3.05. The summed E-state index contributed by atoms with van der Waals surface area (Å²) in [6.07, 6.45) is 7.51. The summed E-state index contributed by atoms with van der Waals surface area (Å²) in [5.41, 5.74) is 4.33. The third-order valence-electron chi connectivity index (χ3n) is 8.67. The summed E-state index contributed by atoms with van der Waals surface area (Å²) < 4.78 is 6.49. The van der Waals surface area contributed by atoms with Crippen molar-refractivity contribution >= 4 is 21.6 Å². The molecule has 0 heterocycles. The molecule has 3 nitrogen and oxygen atoms in total. The number of ether oxygens (including phenoxy) is 1. The highest BCUT2D eigenvalue weighted by atomic mass is 79.9. The third-order valence-corrected chi connectivity index (χ3v) is 9.16. The average molecular weight is 470 g/mol. The second kappa shape index (κ2) is 7.47. The molecule has 2 saturated carbocycles. The van der Waals surface area contributed by atoms with E-state index in [1.165, 1.54) is 44.1 Å². The van der Waals surface area contributed by atoms with Crippen molar-refractivity contribution in [1.82, 2.24) is 0 Å². The molecular weight excluding hydrogens is 438 g/mol. The van der Waals surface area contributed by atoms with E-state index >= 15 is 0 Å². The van der Waals surface area contributed by atoms with E-state index in [0.717, 1.165) is 27.7 Å². The van der Waals surface area contributed by atoms with Crippen LogP contribution in [0.2, 0.25) is 0 Å². The molecule has 1 N–H and O–H groups in total. The number of aryl methyl sites for hydroxylation is 1. The fraction of sp³-hybridized carbons (Fsp3) is 0.538. The number of benzene rings is 2. The Morgan fingerprint density at radius 2 is 1.93 bits per heavy atom. The fourth-order valence-corrected chi connectivity index (χ4v) is 7.59. The first-order valence-corrected chi connectivity index (χ1v) is 12.1. The largest absolute Gasteiger partial charge is 0.506 e.